The van der Waals surface area contributed by atoms with Crippen molar-refractivity contribution in [1.82, 2.24) is 0 Å². The van der Waals surface area contributed by atoms with E-state index < -0.39 is 20.3 Å². The van der Waals surface area contributed by atoms with Gasteiger partial charge in [0.05, 0.1) is 0 Å². The highest BCUT2D eigenvalue weighted by atomic mass is 32.3. The summed E-state index contributed by atoms with van der Waals surface area (Å²) in [6, 6.07) is 14.6. The fraction of sp³-hybridized carbons (Fsp3) is 0. The van der Waals surface area contributed by atoms with Crippen LogP contribution >= 0.6 is 0 Å². The van der Waals surface area contributed by atoms with E-state index in [9.17, 15) is 16.8 Å². The predicted molar refractivity (Wildman–Crippen MR) is 73.0 cm³/mol. The average molecular weight is 312 g/mol. The van der Waals surface area contributed by atoms with Crippen molar-refractivity contribution in [3.63, 3.8) is 0 Å². The van der Waals surface area contributed by atoms with Crippen molar-refractivity contribution in [3.8, 4) is 5.75 Å². The summed E-state index contributed by atoms with van der Waals surface area (Å²) in [6.07, 6.45) is 0. The van der Waals surface area contributed by atoms with Crippen molar-refractivity contribution in [2.24, 2.45) is 0 Å². The van der Waals surface area contributed by atoms with Gasteiger partial charge >= 0.3 is 0 Å². The Labute approximate surface area is 117 Å². The van der Waals surface area contributed by atoms with Crippen LogP contribution in [0.5, 0.6) is 5.75 Å². The molecule has 0 aliphatic carbocycles. The van der Waals surface area contributed by atoms with E-state index >= 15 is 0 Å². The van der Waals surface area contributed by atoms with E-state index in [2.05, 4.69) is 8.31 Å². The topological polar surface area (TPSA) is 91.6 Å². The largest absolute Gasteiger partial charge is 0.397 e. The zero-order valence-corrected chi connectivity index (χ0v) is 11.7. The summed E-state index contributed by atoms with van der Waals surface area (Å²) in [6.45, 7) is 0. The fourth-order valence-corrected chi connectivity index (χ4v) is 3.65. The van der Waals surface area contributed by atoms with E-state index in [1.165, 1.54) is 36.4 Å². The number of hydrogen-bond donors (Lipinski definition) is 0. The summed E-state index contributed by atoms with van der Waals surface area (Å²) < 4.78 is 54.3. The van der Waals surface area contributed by atoms with Crippen molar-refractivity contribution in [3.05, 3.63) is 64.8 Å². The van der Waals surface area contributed by atoms with Gasteiger partial charge < -0.3 is 8.31 Å². The molecule has 2 aromatic carbocycles. The van der Waals surface area contributed by atoms with Crippen LogP contribution in [0.25, 0.3) is 4.13 Å². The molecule has 0 fully saturated rings. The second-order valence-electron chi connectivity index (χ2n) is 3.69. The molecule has 2 aromatic rings. The SMILES string of the molecule is O=S(=O)([N-]S(=O)(=O)c1ccccc1)Oc1ccccc1. The van der Waals surface area contributed by atoms with Gasteiger partial charge in [-0.25, -0.2) is 16.8 Å². The first-order chi connectivity index (χ1) is 9.39. The third kappa shape index (κ3) is 3.80. The van der Waals surface area contributed by atoms with Gasteiger partial charge in [-0.1, -0.05) is 36.4 Å². The van der Waals surface area contributed by atoms with Crippen LogP contribution in [0.4, 0.5) is 0 Å². The van der Waals surface area contributed by atoms with E-state index in [1.54, 1.807) is 24.3 Å². The Balaban J connectivity index is 2.21. The molecule has 2 rings (SSSR count). The summed E-state index contributed by atoms with van der Waals surface area (Å²) >= 11 is 0. The molecule has 0 spiro atoms. The Morgan fingerprint density at radius 1 is 0.750 bits per heavy atom. The maximum absolute atomic E-state index is 11.8. The van der Waals surface area contributed by atoms with Crippen LogP contribution in [0.1, 0.15) is 0 Å². The van der Waals surface area contributed by atoms with Gasteiger partial charge in [-0.3, -0.25) is 0 Å². The molecule has 0 heterocycles. The van der Waals surface area contributed by atoms with Crippen molar-refractivity contribution in [2.75, 3.05) is 0 Å². The van der Waals surface area contributed by atoms with Gasteiger partial charge in [-0.05, 0) is 24.3 Å². The van der Waals surface area contributed by atoms with Crippen LogP contribution in [0, 0.1) is 0 Å². The average Bonchev–Trinajstić information content (AvgIpc) is 2.39. The van der Waals surface area contributed by atoms with Gasteiger partial charge in [0.25, 0.3) is 0 Å². The van der Waals surface area contributed by atoms with Crippen LogP contribution in [-0.4, -0.2) is 16.8 Å². The number of benzene rings is 2. The molecular weight excluding hydrogens is 302 g/mol. The monoisotopic (exact) mass is 312 g/mol. The molecule has 0 saturated carbocycles. The Hall–Kier alpha value is -1.90. The first kappa shape index (κ1) is 14.5. The Kier molecular flexibility index (Phi) is 4.07. The summed E-state index contributed by atoms with van der Waals surface area (Å²) in [5.41, 5.74) is 0. The molecule has 0 aliphatic rings. The molecule has 0 N–H and O–H groups in total. The summed E-state index contributed by atoms with van der Waals surface area (Å²) in [7, 11) is -8.93. The highest BCUT2D eigenvalue weighted by Crippen LogP contribution is 2.22. The molecule has 0 aliphatic heterocycles. The Bertz CT molecular complexity index is 771. The second kappa shape index (κ2) is 5.61. The smallest absolute Gasteiger partial charge is 0.245 e. The van der Waals surface area contributed by atoms with Crippen LogP contribution in [0.3, 0.4) is 0 Å². The summed E-state index contributed by atoms with van der Waals surface area (Å²) in [5, 5.41) is 0. The minimum Gasteiger partial charge on any atom is -0.397 e. The predicted octanol–water partition coefficient (Wildman–Crippen LogP) is 2.07. The number of nitrogens with zero attached hydrogens (tertiary/aromatic N) is 1. The molecule has 0 aromatic heterocycles. The Morgan fingerprint density at radius 2 is 1.25 bits per heavy atom. The van der Waals surface area contributed by atoms with E-state index in [0.717, 1.165) is 0 Å². The lowest BCUT2D eigenvalue weighted by Gasteiger charge is -2.20. The third-order valence-corrected chi connectivity index (χ3v) is 4.96. The minimum atomic E-state index is -4.60. The third-order valence-electron chi connectivity index (χ3n) is 2.18. The van der Waals surface area contributed by atoms with E-state index in [4.69, 9.17) is 0 Å². The zero-order chi connectivity index (χ0) is 14.6. The molecule has 0 saturated heterocycles. The molecule has 0 atom stereocenters. The van der Waals surface area contributed by atoms with E-state index in [0.29, 0.717) is 0 Å². The maximum atomic E-state index is 11.8. The van der Waals surface area contributed by atoms with Crippen LogP contribution in [0.15, 0.2) is 65.6 Å². The van der Waals surface area contributed by atoms with Crippen LogP contribution in [0.2, 0.25) is 0 Å². The molecule has 6 nitrogen and oxygen atoms in total. The number of rotatable bonds is 5. The molecule has 106 valence electrons. The summed E-state index contributed by atoms with van der Waals surface area (Å²) in [4.78, 5) is -0.222. The highest BCUT2D eigenvalue weighted by Gasteiger charge is 2.11. The Morgan fingerprint density at radius 3 is 1.80 bits per heavy atom. The summed E-state index contributed by atoms with van der Waals surface area (Å²) in [5.74, 6) is -0.0143. The molecule has 20 heavy (non-hydrogen) atoms. The molecule has 0 unspecified atom stereocenters. The first-order valence-corrected chi connectivity index (χ1v) is 8.23. The van der Waals surface area contributed by atoms with Gasteiger partial charge in [-0.2, -0.15) is 0 Å². The molecule has 0 amide bonds. The number of sulfonamides is 1. The van der Waals surface area contributed by atoms with Crippen LogP contribution < -0.4 is 4.18 Å². The standard InChI is InChI=1S/C12H10NO5S2/c14-19(15,12-9-5-2-6-10-12)13-20(16,17)18-11-7-3-1-4-8-11/h1-10H/q-1. The lowest BCUT2D eigenvalue weighted by Crippen LogP contribution is -2.13. The lowest BCUT2D eigenvalue weighted by molar-refractivity contribution is 0.495. The van der Waals surface area contributed by atoms with Crippen LogP contribution in [-0.2, 0) is 20.3 Å². The highest BCUT2D eigenvalue weighted by molar-refractivity contribution is 8.10. The number of hydrogen-bond acceptors (Lipinski definition) is 5. The van der Waals surface area contributed by atoms with Gasteiger partial charge in [-0.15, -0.1) is 0 Å². The van der Waals surface area contributed by atoms with Gasteiger partial charge in [0.15, 0.2) is 0 Å². The van der Waals surface area contributed by atoms with Crippen molar-refractivity contribution in [2.45, 2.75) is 4.90 Å². The molecular formula is C12H10NO5S2-. The molecule has 0 radical (unpaired) electrons. The normalized spacial score (nSPS) is 12.0. The maximum Gasteiger partial charge on any atom is 0.245 e. The van der Waals surface area contributed by atoms with Gasteiger partial charge in [0, 0.05) is 4.90 Å². The van der Waals surface area contributed by atoms with Gasteiger partial charge in [0.2, 0.25) is 10.3 Å². The first-order valence-electron chi connectivity index (χ1n) is 5.43. The second-order valence-corrected chi connectivity index (χ2v) is 6.73. The van der Waals surface area contributed by atoms with Crippen molar-refractivity contribution in [1.29, 1.82) is 0 Å². The van der Waals surface area contributed by atoms with Gasteiger partial charge in [0.1, 0.15) is 15.8 Å². The van der Waals surface area contributed by atoms with Crippen molar-refractivity contribution < 1.29 is 21.0 Å². The molecule has 8 heteroatoms. The quantitative estimate of drug-likeness (QED) is 0.842. The van der Waals surface area contributed by atoms with E-state index in [-0.39, 0.29) is 10.6 Å². The fourth-order valence-electron chi connectivity index (χ4n) is 1.37. The van der Waals surface area contributed by atoms with Crippen molar-refractivity contribution >= 4 is 20.3 Å². The minimum absolute atomic E-state index is 0.0143. The lowest BCUT2D eigenvalue weighted by atomic mass is 10.3. The zero-order valence-electron chi connectivity index (χ0n) is 10.1. The number of para-hydroxylation sites is 1. The van der Waals surface area contributed by atoms with E-state index in [1.807, 2.05) is 0 Å². The molecule has 0 bridgehead atoms.